The molecule has 2 aromatic heterocycles. The third-order valence-electron chi connectivity index (χ3n) is 6.55. The molecule has 0 aliphatic heterocycles. The highest BCUT2D eigenvalue weighted by Crippen LogP contribution is 2.44. The Morgan fingerprint density at radius 2 is 2.24 bits per heavy atom. The number of rotatable bonds is 9. The lowest BCUT2D eigenvalue weighted by Gasteiger charge is -2.33. The van der Waals surface area contributed by atoms with Gasteiger partial charge in [0.05, 0.1) is 16.3 Å². The summed E-state index contributed by atoms with van der Waals surface area (Å²) in [7, 11) is 0. The molecule has 0 spiro atoms. The van der Waals surface area contributed by atoms with Gasteiger partial charge in [0, 0.05) is 17.5 Å². The monoisotopic (exact) mass is 573 g/mol. The molecular weight excluding hydrogens is 545 g/mol. The lowest BCUT2D eigenvalue weighted by Crippen LogP contribution is -2.26. The van der Waals surface area contributed by atoms with E-state index in [1.165, 1.54) is 46.2 Å². The number of allylic oxidation sites excluding steroid dienone is 1. The van der Waals surface area contributed by atoms with E-state index in [9.17, 15) is 14.4 Å². The van der Waals surface area contributed by atoms with Crippen molar-refractivity contribution in [2.75, 3.05) is 11.1 Å². The van der Waals surface area contributed by atoms with E-state index in [-0.39, 0.29) is 28.7 Å². The molecule has 200 valence electrons. The molecule has 2 heterocycles. The first kappa shape index (κ1) is 28.1. The van der Waals surface area contributed by atoms with Gasteiger partial charge in [-0.05, 0) is 48.3 Å². The van der Waals surface area contributed by atoms with Crippen molar-refractivity contribution in [1.29, 1.82) is 5.26 Å². The van der Waals surface area contributed by atoms with E-state index >= 15 is 0 Å². The number of halogens is 2. The first-order valence-corrected chi connectivity index (χ1v) is 14.4. The van der Waals surface area contributed by atoms with Gasteiger partial charge in [-0.25, -0.2) is 4.39 Å². The Balaban J connectivity index is 1.40. The van der Waals surface area contributed by atoms with Crippen molar-refractivity contribution >= 4 is 45.6 Å². The molecule has 11 heteroatoms. The Kier molecular flexibility index (Phi) is 8.81. The maximum Gasteiger partial charge on any atom is 0.235 e. The van der Waals surface area contributed by atoms with E-state index in [4.69, 9.17) is 16.3 Å². The molecule has 1 unspecified atom stereocenters. The van der Waals surface area contributed by atoms with Gasteiger partial charge in [0.25, 0.3) is 0 Å². The largest absolute Gasteiger partial charge is 0.486 e. The average molecular weight is 574 g/mol. The van der Waals surface area contributed by atoms with E-state index in [0.717, 1.165) is 24.8 Å². The average Bonchev–Trinajstić information content (AvgIpc) is 3.42. The van der Waals surface area contributed by atoms with Crippen molar-refractivity contribution in [2.45, 2.75) is 58.3 Å². The summed E-state index contributed by atoms with van der Waals surface area (Å²) in [5.74, 6) is 0.836. The van der Waals surface area contributed by atoms with E-state index in [1.54, 1.807) is 10.6 Å². The van der Waals surface area contributed by atoms with E-state index in [2.05, 4.69) is 48.9 Å². The summed E-state index contributed by atoms with van der Waals surface area (Å²) < 4.78 is 20.9. The van der Waals surface area contributed by atoms with Crippen LogP contribution in [0.5, 0.6) is 5.75 Å². The number of fused-ring (bicyclic) bond motifs is 1. The van der Waals surface area contributed by atoms with Gasteiger partial charge >= 0.3 is 0 Å². The van der Waals surface area contributed by atoms with Crippen molar-refractivity contribution in [2.24, 2.45) is 11.3 Å². The lowest BCUT2D eigenvalue weighted by molar-refractivity contribution is -0.113. The van der Waals surface area contributed by atoms with Gasteiger partial charge in [-0.1, -0.05) is 50.2 Å². The molecule has 1 N–H and O–H groups in total. The summed E-state index contributed by atoms with van der Waals surface area (Å²) in [5.41, 5.74) is 1.87. The SMILES string of the molecule is C=CCn1c(COc2ccc(F)c(Cl)c2)nnc1SCC(=O)Nc1sc2c(c1C#N)CCC(C(C)(C)C)C2. The van der Waals surface area contributed by atoms with Gasteiger partial charge < -0.3 is 10.1 Å². The number of nitriles is 1. The number of thioether (sulfide) groups is 1. The van der Waals surface area contributed by atoms with Crippen LogP contribution in [0.25, 0.3) is 0 Å². The molecule has 3 aromatic rings. The Hall–Kier alpha value is -2.87. The topological polar surface area (TPSA) is 92.8 Å². The summed E-state index contributed by atoms with van der Waals surface area (Å²) >= 11 is 8.58. The molecule has 0 saturated carbocycles. The zero-order valence-electron chi connectivity index (χ0n) is 21.5. The van der Waals surface area contributed by atoms with Crippen molar-refractivity contribution in [1.82, 2.24) is 14.8 Å². The molecular formula is C27H29ClFN5O2S2. The molecule has 0 fully saturated rings. The summed E-state index contributed by atoms with van der Waals surface area (Å²) in [5, 5.41) is 22.3. The van der Waals surface area contributed by atoms with Gasteiger partial charge in [0.2, 0.25) is 5.91 Å². The lowest BCUT2D eigenvalue weighted by atomic mass is 9.72. The predicted molar refractivity (Wildman–Crippen MR) is 149 cm³/mol. The number of aromatic nitrogens is 3. The third kappa shape index (κ3) is 6.40. The summed E-state index contributed by atoms with van der Waals surface area (Å²) in [6.45, 7) is 11.0. The Labute approximate surface area is 235 Å². The number of thiophene rings is 1. The van der Waals surface area contributed by atoms with Crippen molar-refractivity contribution < 1.29 is 13.9 Å². The molecule has 38 heavy (non-hydrogen) atoms. The van der Waals surface area contributed by atoms with E-state index in [0.29, 0.717) is 39.8 Å². The molecule has 1 aliphatic carbocycles. The smallest absolute Gasteiger partial charge is 0.235 e. The van der Waals surface area contributed by atoms with Gasteiger partial charge in [0.1, 0.15) is 29.2 Å². The van der Waals surface area contributed by atoms with Crippen LogP contribution in [0, 0.1) is 28.5 Å². The molecule has 4 rings (SSSR count). The molecule has 1 amide bonds. The Morgan fingerprint density at radius 3 is 2.92 bits per heavy atom. The molecule has 0 bridgehead atoms. The third-order valence-corrected chi connectivity index (χ3v) is 8.98. The minimum absolute atomic E-state index is 0.0301. The first-order chi connectivity index (χ1) is 18.1. The minimum atomic E-state index is -0.524. The number of nitrogens with one attached hydrogen (secondary N) is 1. The highest BCUT2D eigenvalue weighted by Gasteiger charge is 2.32. The highest BCUT2D eigenvalue weighted by atomic mass is 35.5. The fraction of sp³-hybridized carbons (Fsp3) is 0.407. The zero-order valence-corrected chi connectivity index (χ0v) is 23.9. The summed E-state index contributed by atoms with van der Waals surface area (Å²) in [6, 6.07) is 6.42. The van der Waals surface area contributed by atoms with Crippen LogP contribution in [0.1, 0.15) is 49.0 Å². The highest BCUT2D eigenvalue weighted by molar-refractivity contribution is 7.99. The second-order valence-corrected chi connectivity index (χ2v) is 12.6. The van der Waals surface area contributed by atoms with Gasteiger partial charge in [-0.15, -0.1) is 28.1 Å². The number of benzene rings is 1. The number of hydrogen-bond acceptors (Lipinski definition) is 7. The number of nitrogens with zero attached hydrogens (tertiary/aromatic N) is 4. The molecule has 1 aromatic carbocycles. The summed E-state index contributed by atoms with van der Waals surface area (Å²) in [6.07, 6.45) is 4.54. The molecule has 7 nitrogen and oxygen atoms in total. The van der Waals surface area contributed by atoms with Gasteiger partial charge in [-0.2, -0.15) is 5.26 Å². The van der Waals surface area contributed by atoms with Crippen molar-refractivity contribution in [3.05, 3.63) is 63.5 Å². The minimum Gasteiger partial charge on any atom is -0.486 e. The van der Waals surface area contributed by atoms with E-state index in [1.807, 2.05) is 0 Å². The maximum absolute atomic E-state index is 13.4. The Bertz CT molecular complexity index is 1390. The quantitative estimate of drug-likeness (QED) is 0.227. The fourth-order valence-electron chi connectivity index (χ4n) is 4.38. The van der Waals surface area contributed by atoms with Crippen LogP contribution in [0.4, 0.5) is 9.39 Å². The standard InChI is InChI=1S/C27H29ClFN5O2S2/c1-5-10-34-23(14-36-17-7-9-21(29)20(28)12-17)32-33-26(34)37-15-24(35)31-25-19(13-30)18-8-6-16(27(2,3)4)11-22(18)38-25/h5,7,9,12,16H,1,6,8,10-11,14-15H2,2-4H3,(H,31,35). The van der Waals surface area contributed by atoms with Gasteiger partial charge in [-0.3, -0.25) is 9.36 Å². The molecule has 1 aliphatic rings. The van der Waals surface area contributed by atoms with Gasteiger partial charge in [0.15, 0.2) is 11.0 Å². The van der Waals surface area contributed by atoms with Crippen LogP contribution in [0.15, 0.2) is 36.0 Å². The van der Waals surface area contributed by atoms with Crippen molar-refractivity contribution in [3.8, 4) is 11.8 Å². The number of anilines is 1. The summed E-state index contributed by atoms with van der Waals surface area (Å²) in [4.78, 5) is 14.1. The predicted octanol–water partition coefficient (Wildman–Crippen LogP) is 6.65. The second kappa shape index (κ2) is 11.9. The molecule has 0 saturated heterocycles. The van der Waals surface area contributed by atoms with Crippen LogP contribution < -0.4 is 10.1 Å². The van der Waals surface area contributed by atoms with Crippen molar-refractivity contribution in [3.63, 3.8) is 0 Å². The van der Waals surface area contributed by atoms with Crippen LogP contribution >= 0.6 is 34.7 Å². The number of carbonyl (C=O) groups excluding carboxylic acids is 1. The number of amides is 1. The molecule has 0 radical (unpaired) electrons. The van der Waals surface area contributed by atoms with Crippen LogP contribution in [0.3, 0.4) is 0 Å². The number of carbonyl (C=O) groups is 1. The Morgan fingerprint density at radius 1 is 1.45 bits per heavy atom. The number of hydrogen-bond donors (Lipinski definition) is 1. The van der Waals surface area contributed by atoms with Crippen LogP contribution in [0.2, 0.25) is 5.02 Å². The fourth-order valence-corrected chi connectivity index (χ4v) is 6.62. The van der Waals surface area contributed by atoms with Crippen LogP contribution in [-0.4, -0.2) is 26.4 Å². The van der Waals surface area contributed by atoms with E-state index < -0.39 is 5.82 Å². The maximum atomic E-state index is 13.4. The van der Waals surface area contributed by atoms with Crippen LogP contribution in [-0.2, 0) is 30.8 Å². The second-order valence-electron chi connectivity index (χ2n) is 10.1. The normalized spacial score (nSPS) is 15.0. The molecule has 1 atom stereocenters. The number of ether oxygens (including phenoxy) is 1. The zero-order chi connectivity index (χ0) is 27.4. The first-order valence-electron chi connectivity index (χ1n) is 12.2.